The molecule has 2 atom stereocenters. The molecule has 4 nitrogen and oxygen atoms in total. The Morgan fingerprint density at radius 1 is 1.06 bits per heavy atom. The van der Waals surface area contributed by atoms with Crippen molar-refractivity contribution in [3.05, 3.63) is 70.3 Å². The molecule has 0 spiro atoms. The van der Waals surface area contributed by atoms with Gasteiger partial charge in [0.25, 0.3) is 0 Å². The third-order valence-corrected chi connectivity index (χ3v) is 9.00. The van der Waals surface area contributed by atoms with E-state index >= 15 is 0 Å². The van der Waals surface area contributed by atoms with Crippen LogP contribution in [0.25, 0.3) is 0 Å². The lowest BCUT2D eigenvalue weighted by Crippen LogP contribution is -2.39. The Labute approximate surface area is 194 Å². The second-order valence-corrected chi connectivity index (χ2v) is 11.4. The maximum Gasteiger partial charge on any atom is 0.416 e. The van der Waals surface area contributed by atoms with E-state index in [9.17, 15) is 21.6 Å². The summed E-state index contributed by atoms with van der Waals surface area (Å²) in [6, 6.07) is 11.9. The molecule has 0 aromatic heterocycles. The highest BCUT2D eigenvalue weighted by Crippen LogP contribution is 2.41. The first-order valence-corrected chi connectivity index (χ1v) is 13.1. The molecule has 33 heavy (non-hydrogen) atoms. The van der Waals surface area contributed by atoms with Gasteiger partial charge in [-0.3, -0.25) is 0 Å². The van der Waals surface area contributed by atoms with E-state index in [1.807, 2.05) is 13.1 Å². The van der Waals surface area contributed by atoms with Gasteiger partial charge in [0.2, 0.25) is 10.0 Å². The topological polar surface area (TPSA) is 58.2 Å². The normalized spacial score (nSPS) is 21.1. The number of halogens is 3. The fourth-order valence-corrected chi connectivity index (χ4v) is 6.60. The van der Waals surface area contributed by atoms with Crippen molar-refractivity contribution >= 4 is 10.0 Å². The summed E-state index contributed by atoms with van der Waals surface area (Å²) in [4.78, 5) is 0. The monoisotopic (exact) mass is 480 g/mol. The van der Waals surface area contributed by atoms with Crippen molar-refractivity contribution in [1.82, 2.24) is 10.0 Å². The zero-order valence-corrected chi connectivity index (χ0v) is 19.6. The van der Waals surface area contributed by atoms with Crippen LogP contribution in [0.5, 0.6) is 0 Å². The third-order valence-electron chi connectivity index (χ3n) is 7.05. The van der Waals surface area contributed by atoms with Gasteiger partial charge in [0.15, 0.2) is 0 Å². The minimum Gasteiger partial charge on any atom is -0.319 e. The molecule has 0 radical (unpaired) electrons. The predicted molar refractivity (Wildman–Crippen MR) is 124 cm³/mol. The molecule has 2 aromatic rings. The molecule has 2 aromatic carbocycles. The van der Waals surface area contributed by atoms with Crippen molar-refractivity contribution in [2.75, 3.05) is 20.1 Å². The van der Waals surface area contributed by atoms with Crippen molar-refractivity contribution in [3.8, 4) is 0 Å². The van der Waals surface area contributed by atoms with Crippen molar-refractivity contribution in [1.29, 1.82) is 0 Å². The van der Waals surface area contributed by atoms with Crippen LogP contribution in [-0.4, -0.2) is 33.8 Å². The number of rotatable bonds is 9. The molecule has 2 aliphatic rings. The molecule has 0 heterocycles. The van der Waals surface area contributed by atoms with Gasteiger partial charge in [-0.2, -0.15) is 13.2 Å². The fourth-order valence-electron chi connectivity index (χ4n) is 5.03. The van der Waals surface area contributed by atoms with E-state index in [1.54, 1.807) is 6.07 Å². The van der Waals surface area contributed by atoms with E-state index in [1.165, 1.54) is 23.3 Å². The molecule has 1 saturated carbocycles. The SMILES string of the molecule is CNCC1Cc2ccc(CCNS(=O)(=O)C3CCC3)cc2C1Cc1cccc(C(F)(F)F)c1. The molecule has 1 fully saturated rings. The van der Waals surface area contributed by atoms with Crippen molar-refractivity contribution in [2.24, 2.45) is 5.92 Å². The summed E-state index contributed by atoms with van der Waals surface area (Å²) < 4.78 is 66.8. The van der Waals surface area contributed by atoms with Crippen molar-refractivity contribution < 1.29 is 21.6 Å². The largest absolute Gasteiger partial charge is 0.416 e. The van der Waals surface area contributed by atoms with Crippen LogP contribution in [0.1, 0.15) is 53.0 Å². The maximum absolute atomic E-state index is 13.2. The molecule has 8 heteroatoms. The first-order valence-electron chi connectivity index (χ1n) is 11.6. The molecule has 2 N–H and O–H groups in total. The number of nitrogens with one attached hydrogen (secondary N) is 2. The minimum absolute atomic E-state index is 0.113. The molecule has 0 amide bonds. The molecule has 4 rings (SSSR count). The highest BCUT2D eigenvalue weighted by atomic mass is 32.2. The molecule has 180 valence electrons. The van der Waals surface area contributed by atoms with Gasteiger partial charge in [-0.05, 0) is 85.9 Å². The Balaban J connectivity index is 1.50. The Hall–Kier alpha value is -1.90. The van der Waals surface area contributed by atoms with Crippen LogP contribution in [0.4, 0.5) is 13.2 Å². The fraction of sp³-hybridized carbons (Fsp3) is 0.520. The lowest BCUT2D eigenvalue weighted by atomic mass is 9.85. The average Bonchev–Trinajstić information content (AvgIpc) is 3.03. The van der Waals surface area contributed by atoms with E-state index in [0.29, 0.717) is 30.9 Å². The first kappa shape index (κ1) is 24.2. The number of benzene rings is 2. The summed E-state index contributed by atoms with van der Waals surface area (Å²) in [5.74, 6) is 0.412. The smallest absolute Gasteiger partial charge is 0.319 e. The molecule has 0 aliphatic heterocycles. The lowest BCUT2D eigenvalue weighted by molar-refractivity contribution is -0.137. The van der Waals surface area contributed by atoms with E-state index in [4.69, 9.17) is 0 Å². The quantitative estimate of drug-likeness (QED) is 0.558. The van der Waals surface area contributed by atoms with Gasteiger partial charge in [-0.1, -0.05) is 42.8 Å². The van der Waals surface area contributed by atoms with Gasteiger partial charge in [0.05, 0.1) is 10.8 Å². The van der Waals surface area contributed by atoms with Crippen LogP contribution >= 0.6 is 0 Å². The number of hydrogen-bond donors (Lipinski definition) is 2. The van der Waals surface area contributed by atoms with Crippen LogP contribution in [0.3, 0.4) is 0 Å². The van der Waals surface area contributed by atoms with E-state index in [-0.39, 0.29) is 11.2 Å². The second kappa shape index (κ2) is 9.76. The number of hydrogen-bond acceptors (Lipinski definition) is 3. The maximum atomic E-state index is 13.2. The van der Waals surface area contributed by atoms with Gasteiger partial charge >= 0.3 is 6.18 Å². The lowest BCUT2D eigenvalue weighted by Gasteiger charge is -2.25. The Kier molecular flexibility index (Phi) is 7.17. The van der Waals surface area contributed by atoms with Crippen molar-refractivity contribution in [3.63, 3.8) is 0 Å². The van der Waals surface area contributed by atoms with E-state index in [0.717, 1.165) is 43.9 Å². The zero-order chi connectivity index (χ0) is 23.6. The van der Waals surface area contributed by atoms with E-state index < -0.39 is 21.8 Å². The average molecular weight is 481 g/mol. The van der Waals surface area contributed by atoms with Gasteiger partial charge < -0.3 is 5.32 Å². The number of alkyl halides is 3. The Bertz CT molecular complexity index is 1080. The highest BCUT2D eigenvalue weighted by molar-refractivity contribution is 7.90. The number of sulfonamides is 1. The van der Waals surface area contributed by atoms with E-state index in [2.05, 4.69) is 22.2 Å². The molecular weight excluding hydrogens is 449 g/mol. The highest BCUT2D eigenvalue weighted by Gasteiger charge is 2.34. The van der Waals surface area contributed by atoms with Gasteiger partial charge in [-0.25, -0.2) is 13.1 Å². The third kappa shape index (κ3) is 5.61. The van der Waals surface area contributed by atoms with Crippen LogP contribution < -0.4 is 10.0 Å². The summed E-state index contributed by atoms with van der Waals surface area (Å²) in [6.45, 7) is 1.14. The molecule has 2 unspecified atom stereocenters. The number of fused-ring (bicyclic) bond motifs is 1. The van der Waals surface area contributed by atoms with Crippen LogP contribution in [0.2, 0.25) is 0 Å². The van der Waals surface area contributed by atoms with Crippen LogP contribution in [0.15, 0.2) is 42.5 Å². The summed E-state index contributed by atoms with van der Waals surface area (Å²) in [5.41, 5.74) is 3.51. The van der Waals surface area contributed by atoms with Crippen LogP contribution in [-0.2, 0) is 35.5 Å². The summed E-state index contributed by atoms with van der Waals surface area (Å²) in [5, 5.41) is 2.97. The van der Waals surface area contributed by atoms with Gasteiger partial charge in [-0.15, -0.1) is 0 Å². The summed E-state index contributed by atoms with van der Waals surface area (Å²) in [6.07, 6.45) is 0.101. The molecule has 0 bridgehead atoms. The molecule has 2 aliphatic carbocycles. The summed E-state index contributed by atoms with van der Waals surface area (Å²) in [7, 11) is -1.35. The Morgan fingerprint density at radius 3 is 2.52 bits per heavy atom. The van der Waals surface area contributed by atoms with Crippen LogP contribution in [0, 0.1) is 5.92 Å². The van der Waals surface area contributed by atoms with Crippen molar-refractivity contribution in [2.45, 2.75) is 55.9 Å². The first-order chi connectivity index (χ1) is 15.7. The second-order valence-electron chi connectivity index (χ2n) is 9.31. The summed E-state index contributed by atoms with van der Waals surface area (Å²) >= 11 is 0. The predicted octanol–water partition coefficient (Wildman–Crippen LogP) is 4.44. The zero-order valence-electron chi connectivity index (χ0n) is 18.8. The molecule has 0 saturated heterocycles. The standard InChI is InChI=1S/C25H31F3N2O2S/c1-29-16-20-15-19-9-8-17(10-11-30-33(31,32)22-6-3-7-22)13-23(19)24(20)14-18-4-2-5-21(12-18)25(26,27)28/h2,4-5,8-9,12-13,20,22,24,29-30H,3,6-7,10-11,14-16H2,1H3. The Morgan fingerprint density at radius 2 is 1.85 bits per heavy atom. The van der Waals surface area contributed by atoms with Gasteiger partial charge in [0, 0.05) is 6.54 Å². The molecular formula is C25H31F3N2O2S. The van der Waals surface area contributed by atoms with Gasteiger partial charge in [0.1, 0.15) is 0 Å². The minimum atomic E-state index is -4.35.